The number of guanidine groups is 1. The molecule has 0 saturated carbocycles. The molecule has 29 heavy (non-hydrogen) atoms. The first-order valence-electron chi connectivity index (χ1n) is 8.69. The van der Waals surface area contributed by atoms with Crippen molar-refractivity contribution >= 4 is 29.9 Å². The van der Waals surface area contributed by atoms with Crippen LogP contribution in [0.2, 0.25) is 0 Å². The topological polar surface area (TPSA) is 89.1 Å². The van der Waals surface area contributed by atoms with Crippen molar-refractivity contribution in [3.63, 3.8) is 0 Å². The molecule has 0 fully saturated rings. The van der Waals surface area contributed by atoms with Gasteiger partial charge in [-0.1, -0.05) is 12.1 Å². The molecule has 0 spiro atoms. The maximum Gasteiger partial charge on any atom is 0.188 e. The van der Waals surface area contributed by atoms with E-state index in [4.69, 9.17) is 15.2 Å². The second kappa shape index (κ2) is 11.1. The van der Waals surface area contributed by atoms with E-state index >= 15 is 0 Å². The summed E-state index contributed by atoms with van der Waals surface area (Å²) < 4.78 is 37.3. The van der Waals surface area contributed by atoms with Gasteiger partial charge in [0.15, 0.2) is 17.5 Å². The van der Waals surface area contributed by atoms with E-state index in [1.807, 2.05) is 18.2 Å². The minimum Gasteiger partial charge on any atom is -0.493 e. The maximum atomic E-state index is 13.9. The minimum absolute atomic E-state index is 0. The number of ether oxygens (including phenoxy) is 2. The van der Waals surface area contributed by atoms with Crippen LogP contribution in [-0.4, -0.2) is 38.4 Å². The Hall–Kier alpha value is -2.14. The van der Waals surface area contributed by atoms with E-state index in [1.54, 1.807) is 14.2 Å². The highest BCUT2D eigenvalue weighted by Gasteiger charge is 2.26. The standard InChI is InChI=1S/C20H25F2N3O3.HI/c1-20(26,15-6-5-14(21)11-16(15)22)12-25-19(23)24-9-8-13-4-7-17(27-2)18(10-13)28-3;/h4-7,10-11,26H,8-9,12H2,1-3H3,(H3,23,24,25);1H. The van der Waals surface area contributed by atoms with Crippen LogP contribution in [0.25, 0.3) is 0 Å². The van der Waals surface area contributed by atoms with Crippen LogP contribution >= 0.6 is 24.0 Å². The molecule has 0 amide bonds. The lowest BCUT2D eigenvalue weighted by Crippen LogP contribution is -2.35. The molecule has 0 bridgehead atoms. The van der Waals surface area contributed by atoms with Crippen molar-refractivity contribution in [3.05, 3.63) is 59.2 Å². The molecule has 6 nitrogen and oxygen atoms in total. The van der Waals surface area contributed by atoms with E-state index in [9.17, 15) is 13.9 Å². The van der Waals surface area contributed by atoms with Crippen LogP contribution in [0.3, 0.4) is 0 Å². The smallest absolute Gasteiger partial charge is 0.188 e. The molecule has 4 N–H and O–H groups in total. The van der Waals surface area contributed by atoms with Crippen LogP contribution in [0.15, 0.2) is 41.4 Å². The molecule has 9 heteroatoms. The second-order valence-corrected chi connectivity index (χ2v) is 6.47. The zero-order valence-electron chi connectivity index (χ0n) is 16.5. The minimum atomic E-state index is -1.62. The molecule has 0 aliphatic heterocycles. The van der Waals surface area contributed by atoms with Gasteiger partial charge < -0.3 is 25.6 Å². The Morgan fingerprint density at radius 2 is 1.83 bits per heavy atom. The molecular formula is C20H26F2IN3O3. The molecule has 0 aromatic heterocycles. The number of aliphatic hydroxyl groups is 1. The van der Waals surface area contributed by atoms with Gasteiger partial charge in [-0.25, -0.2) is 8.78 Å². The maximum absolute atomic E-state index is 13.9. The highest BCUT2D eigenvalue weighted by atomic mass is 127. The lowest BCUT2D eigenvalue weighted by Gasteiger charge is -2.22. The number of rotatable bonds is 8. The number of hydrogen-bond acceptors (Lipinski definition) is 4. The lowest BCUT2D eigenvalue weighted by atomic mass is 9.95. The summed E-state index contributed by atoms with van der Waals surface area (Å²) in [6.07, 6.45) is 0.652. The van der Waals surface area contributed by atoms with Gasteiger partial charge >= 0.3 is 0 Å². The van der Waals surface area contributed by atoms with Gasteiger partial charge in [-0.3, -0.25) is 4.99 Å². The van der Waals surface area contributed by atoms with Crippen molar-refractivity contribution < 1.29 is 23.4 Å². The summed E-state index contributed by atoms with van der Waals surface area (Å²) in [4.78, 5) is 4.06. The summed E-state index contributed by atoms with van der Waals surface area (Å²) in [6.45, 7) is 1.71. The first-order valence-corrected chi connectivity index (χ1v) is 8.69. The Balaban J connectivity index is 0.00000420. The summed E-state index contributed by atoms with van der Waals surface area (Å²) in [6, 6.07) is 8.61. The summed E-state index contributed by atoms with van der Waals surface area (Å²) in [5, 5.41) is 13.4. The number of methoxy groups -OCH3 is 2. The summed E-state index contributed by atoms with van der Waals surface area (Å²) in [7, 11) is 3.14. The third-order valence-electron chi connectivity index (χ3n) is 4.24. The van der Waals surface area contributed by atoms with Crippen LogP contribution in [0.5, 0.6) is 11.5 Å². The molecule has 0 radical (unpaired) electrons. The fourth-order valence-corrected chi connectivity index (χ4v) is 2.68. The van der Waals surface area contributed by atoms with E-state index in [-0.39, 0.29) is 42.0 Å². The number of nitrogens with zero attached hydrogens (tertiary/aromatic N) is 1. The van der Waals surface area contributed by atoms with E-state index in [0.717, 1.165) is 17.7 Å². The van der Waals surface area contributed by atoms with E-state index in [1.165, 1.54) is 13.0 Å². The zero-order valence-corrected chi connectivity index (χ0v) is 18.9. The number of aliphatic imine (C=N–C) groups is 1. The Labute approximate surface area is 186 Å². The van der Waals surface area contributed by atoms with Crippen molar-refractivity contribution in [2.45, 2.75) is 18.9 Å². The molecule has 1 atom stereocenters. The zero-order chi connectivity index (χ0) is 20.7. The Morgan fingerprint density at radius 3 is 2.45 bits per heavy atom. The first kappa shape index (κ1) is 24.9. The third kappa shape index (κ3) is 7.00. The van der Waals surface area contributed by atoms with Crippen LogP contribution in [-0.2, 0) is 12.0 Å². The predicted octanol–water partition coefficient (Wildman–Crippen LogP) is 2.95. The predicted molar refractivity (Wildman–Crippen MR) is 119 cm³/mol. The van der Waals surface area contributed by atoms with Crippen molar-refractivity contribution in [1.82, 2.24) is 5.32 Å². The van der Waals surface area contributed by atoms with E-state index < -0.39 is 17.2 Å². The highest BCUT2D eigenvalue weighted by Crippen LogP contribution is 2.27. The Kier molecular flexibility index (Phi) is 9.57. The molecule has 0 aliphatic carbocycles. The molecule has 2 aromatic carbocycles. The fourth-order valence-electron chi connectivity index (χ4n) is 2.68. The fraction of sp³-hybridized carbons (Fsp3) is 0.350. The molecule has 0 saturated heterocycles. The van der Waals surface area contributed by atoms with Gasteiger partial charge in [0, 0.05) is 18.2 Å². The molecule has 1 unspecified atom stereocenters. The molecule has 160 valence electrons. The largest absolute Gasteiger partial charge is 0.493 e. The summed E-state index contributed by atoms with van der Waals surface area (Å²) in [5.41, 5.74) is 5.17. The molecular weight excluding hydrogens is 495 g/mol. The average Bonchev–Trinajstić information content (AvgIpc) is 2.66. The normalized spacial score (nSPS) is 13.2. The van der Waals surface area contributed by atoms with Gasteiger partial charge in [0.1, 0.15) is 17.2 Å². The van der Waals surface area contributed by atoms with Crippen LogP contribution in [0.1, 0.15) is 18.1 Å². The van der Waals surface area contributed by atoms with Crippen LogP contribution < -0.4 is 20.5 Å². The SMILES string of the molecule is COc1ccc(CCNC(N)=NCC(C)(O)c2ccc(F)cc2F)cc1OC.I. The van der Waals surface area contributed by atoms with E-state index in [0.29, 0.717) is 24.5 Å². The average molecular weight is 521 g/mol. The molecule has 2 rings (SSSR count). The number of halogens is 3. The molecule has 0 heterocycles. The van der Waals surface area contributed by atoms with E-state index in [2.05, 4.69) is 10.3 Å². The van der Waals surface area contributed by atoms with Crippen molar-refractivity contribution in [2.75, 3.05) is 27.3 Å². The van der Waals surface area contributed by atoms with Crippen LogP contribution in [0, 0.1) is 11.6 Å². The summed E-state index contributed by atoms with van der Waals surface area (Å²) >= 11 is 0. The van der Waals surface area contributed by atoms with Crippen LogP contribution in [0.4, 0.5) is 8.78 Å². The van der Waals surface area contributed by atoms with Gasteiger partial charge in [-0.05, 0) is 37.1 Å². The number of benzene rings is 2. The van der Waals surface area contributed by atoms with Gasteiger partial charge in [-0.15, -0.1) is 24.0 Å². The van der Waals surface area contributed by atoms with Crippen molar-refractivity contribution in [2.24, 2.45) is 10.7 Å². The van der Waals surface area contributed by atoms with Gasteiger partial charge in [-0.2, -0.15) is 0 Å². The first-order chi connectivity index (χ1) is 13.3. The number of hydrogen-bond donors (Lipinski definition) is 3. The van der Waals surface area contributed by atoms with Gasteiger partial charge in [0.2, 0.25) is 0 Å². The second-order valence-electron chi connectivity index (χ2n) is 6.47. The van der Waals surface area contributed by atoms with Crippen molar-refractivity contribution in [1.29, 1.82) is 0 Å². The molecule has 0 aliphatic rings. The summed E-state index contributed by atoms with van der Waals surface area (Å²) in [5.74, 6) is -0.144. The lowest BCUT2D eigenvalue weighted by molar-refractivity contribution is 0.0633. The Bertz CT molecular complexity index is 848. The van der Waals surface area contributed by atoms with Gasteiger partial charge in [0.25, 0.3) is 0 Å². The van der Waals surface area contributed by atoms with Crippen molar-refractivity contribution in [3.8, 4) is 11.5 Å². The number of nitrogens with two attached hydrogens (primary N) is 1. The highest BCUT2D eigenvalue weighted by molar-refractivity contribution is 14.0. The quantitative estimate of drug-likeness (QED) is 0.283. The number of nitrogens with one attached hydrogen (secondary N) is 1. The molecule has 2 aromatic rings. The third-order valence-corrected chi connectivity index (χ3v) is 4.24. The van der Waals surface area contributed by atoms with Gasteiger partial charge in [0.05, 0.1) is 20.8 Å². The Morgan fingerprint density at radius 1 is 1.14 bits per heavy atom. The monoisotopic (exact) mass is 521 g/mol.